The Morgan fingerprint density at radius 3 is 2.64 bits per heavy atom. The number of ether oxygens (including phenoxy) is 2. The summed E-state index contributed by atoms with van der Waals surface area (Å²) in [6.45, 7) is 3.70. The molecule has 0 bridgehead atoms. The quantitative estimate of drug-likeness (QED) is 0.737. The molecular weight excluding hydrogens is 320 g/mol. The summed E-state index contributed by atoms with van der Waals surface area (Å²) in [4.78, 5) is 29.3. The molecule has 0 radical (unpaired) electrons. The number of fused-ring (bicyclic) bond motifs is 1. The van der Waals surface area contributed by atoms with Crippen LogP contribution in [0.25, 0.3) is 0 Å². The Morgan fingerprint density at radius 1 is 1.08 bits per heavy atom. The van der Waals surface area contributed by atoms with Crippen molar-refractivity contribution in [1.82, 2.24) is 9.80 Å². The van der Waals surface area contributed by atoms with Crippen molar-refractivity contribution < 1.29 is 19.1 Å². The second kappa shape index (κ2) is 7.87. The van der Waals surface area contributed by atoms with E-state index in [0.29, 0.717) is 23.1 Å². The van der Waals surface area contributed by atoms with E-state index in [1.165, 1.54) is 20.0 Å². The molecule has 6 heteroatoms. The highest BCUT2D eigenvalue weighted by atomic mass is 16.5. The number of piperazine rings is 1. The van der Waals surface area contributed by atoms with E-state index >= 15 is 0 Å². The molecule has 6 nitrogen and oxygen atoms in total. The Balaban J connectivity index is 1.54. The van der Waals surface area contributed by atoms with Crippen molar-refractivity contribution in [2.45, 2.75) is 31.7 Å². The number of nitrogens with zero attached hydrogens (tertiary/aromatic N) is 2. The first kappa shape index (κ1) is 17.7. The maximum absolute atomic E-state index is 12.5. The van der Waals surface area contributed by atoms with E-state index < -0.39 is 0 Å². The Bertz CT molecular complexity index is 646. The fourth-order valence-corrected chi connectivity index (χ4v) is 3.75. The van der Waals surface area contributed by atoms with Crippen molar-refractivity contribution >= 4 is 11.7 Å². The van der Waals surface area contributed by atoms with Gasteiger partial charge in [-0.3, -0.25) is 14.5 Å². The van der Waals surface area contributed by atoms with E-state index in [4.69, 9.17) is 9.47 Å². The molecule has 1 atom stereocenters. The van der Waals surface area contributed by atoms with Crippen LogP contribution in [0.1, 0.15) is 36.0 Å². The summed E-state index contributed by atoms with van der Waals surface area (Å²) in [5.74, 6) is 1.15. The SMILES string of the molecule is COc1ccc(C(=O)CCC(=O)N2CCN3CCC[C@H]3C2)cc1OC. The molecule has 1 amide bonds. The first-order valence-corrected chi connectivity index (χ1v) is 8.89. The lowest BCUT2D eigenvalue weighted by molar-refractivity contribution is -0.133. The number of methoxy groups -OCH3 is 2. The molecule has 0 aromatic heterocycles. The van der Waals surface area contributed by atoms with Gasteiger partial charge in [0.15, 0.2) is 17.3 Å². The molecule has 2 fully saturated rings. The van der Waals surface area contributed by atoms with Crippen LogP contribution < -0.4 is 9.47 Å². The lowest BCUT2D eigenvalue weighted by Crippen LogP contribution is -2.52. The summed E-state index contributed by atoms with van der Waals surface area (Å²) in [5.41, 5.74) is 0.547. The molecule has 0 spiro atoms. The number of carbonyl (C=O) groups is 2. The largest absolute Gasteiger partial charge is 0.493 e. The Labute approximate surface area is 148 Å². The van der Waals surface area contributed by atoms with E-state index in [-0.39, 0.29) is 24.5 Å². The van der Waals surface area contributed by atoms with Crippen LogP contribution >= 0.6 is 0 Å². The highest BCUT2D eigenvalue weighted by molar-refractivity contribution is 5.98. The predicted octanol–water partition coefficient (Wildman–Crippen LogP) is 1.97. The molecule has 1 aromatic rings. The lowest BCUT2D eigenvalue weighted by atomic mass is 10.0. The monoisotopic (exact) mass is 346 g/mol. The van der Waals surface area contributed by atoms with Crippen LogP contribution in [-0.4, -0.2) is 67.9 Å². The summed E-state index contributed by atoms with van der Waals surface area (Å²) in [6.07, 6.45) is 2.89. The van der Waals surface area contributed by atoms with Crippen LogP contribution in [0.5, 0.6) is 11.5 Å². The Hall–Kier alpha value is -2.08. The van der Waals surface area contributed by atoms with Gasteiger partial charge in [0.1, 0.15) is 0 Å². The molecule has 2 saturated heterocycles. The van der Waals surface area contributed by atoms with Gasteiger partial charge in [0.2, 0.25) is 5.91 Å². The van der Waals surface area contributed by atoms with E-state index in [2.05, 4.69) is 4.90 Å². The molecular formula is C19H26N2O4. The third-order valence-corrected chi connectivity index (χ3v) is 5.21. The van der Waals surface area contributed by atoms with Gasteiger partial charge in [-0.25, -0.2) is 0 Å². The maximum atomic E-state index is 12.5. The van der Waals surface area contributed by atoms with Crippen molar-refractivity contribution in [1.29, 1.82) is 0 Å². The van der Waals surface area contributed by atoms with Crippen molar-refractivity contribution in [2.75, 3.05) is 40.4 Å². The van der Waals surface area contributed by atoms with E-state index in [1.54, 1.807) is 25.3 Å². The minimum absolute atomic E-state index is 0.0474. The normalized spacial score (nSPS) is 20.2. The average Bonchev–Trinajstić information content (AvgIpc) is 3.12. The van der Waals surface area contributed by atoms with Crippen LogP contribution in [-0.2, 0) is 4.79 Å². The second-order valence-electron chi connectivity index (χ2n) is 6.66. The van der Waals surface area contributed by atoms with Crippen molar-refractivity contribution in [3.8, 4) is 11.5 Å². The van der Waals surface area contributed by atoms with E-state index in [0.717, 1.165) is 26.2 Å². The molecule has 2 aliphatic rings. The number of rotatable bonds is 6. The van der Waals surface area contributed by atoms with Gasteiger partial charge in [-0.2, -0.15) is 0 Å². The van der Waals surface area contributed by atoms with Gasteiger partial charge in [-0.15, -0.1) is 0 Å². The molecule has 3 rings (SSSR count). The van der Waals surface area contributed by atoms with Gasteiger partial charge >= 0.3 is 0 Å². The molecule has 0 saturated carbocycles. The zero-order valence-corrected chi connectivity index (χ0v) is 15.0. The number of carbonyl (C=O) groups excluding carboxylic acids is 2. The van der Waals surface area contributed by atoms with E-state index in [9.17, 15) is 9.59 Å². The summed E-state index contributed by atoms with van der Waals surface area (Å²) in [6, 6.07) is 5.61. The smallest absolute Gasteiger partial charge is 0.223 e. The van der Waals surface area contributed by atoms with Crippen LogP contribution in [0.15, 0.2) is 18.2 Å². The fourth-order valence-electron chi connectivity index (χ4n) is 3.75. The number of hydrogen-bond donors (Lipinski definition) is 0. The van der Waals surface area contributed by atoms with Crippen molar-refractivity contribution in [3.05, 3.63) is 23.8 Å². The molecule has 2 aliphatic heterocycles. The van der Waals surface area contributed by atoms with Gasteiger partial charge in [0.05, 0.1) is 14.2 Å². The summed E-state index contributed by atoms with van der Waals surface area (Å²) in [5, 5.41) is 0. The minimum Gasteiger partial charge on any atom is -0.493 e. The van der Waals surface area contributed by atoms with E-state index in [1.807, 2.05) is 4.90 Å². The van der Waals surface area contributed by atoms with Gasteiger partial charge in [-0.1, -0.05) is 0 Å². The summed E-state index contributed by atoms with van der Waals surface area (Å²) < 4.78 is 10.4. The first-order valence-electron chi connectivity index (χ1n) is 8.89. The Morgan fingerprint density at radius 2 is 1.88 bits per heavy atom. The summed E-state index contributed by atoms with van der Waals surface area (Å²) >= 11 is 0. The fraction of sp³-hybridized carbons (Fsp3) is 0.579. The van der Waals surface area contributed by atoms with Crippen LogP contribution in [0.4, 0.5) is 0 Å². The molecule has 1 aromatic carbocycles. The van der Waals surface area contributed by atoms with Crippen LogP contribution in [0.2, 0.25) is 0 Å². The average molecular weight is 346 g/mol. The first-order chi connectivity index (χ1) is 12.1. The van der Waals surface area contributed by atoms with Gasteiger partial charge in [0.25, 0.3) is 0 Å². The predicted molar refractivity (Wildman–Crippen MR) is 94.3 cm³/mol. The molecule has 136 valence electrons. The van der Waals surface area contributed by atoms with Crippen LogP contribution in [0.3, 0.4) is 0 Å². The zero-order valence-electron chi connectivity index (χ0n) is 15.0. The van der Waals surface area contributed by atoms with Crippen molar-refractivity contribution in [2.24, 2.45) is 0 Å². The zero-order chi connectivity index (χ0) is 17.8. The third-order valence-electron chi connectivity index (χ3n) is 5.21. The Kier molecular flexibility index (Phi) is 5.58. The number of benzene rings is 1. The second-order valence-corrected chi connectivity index (χ2v) is 6.66. The lowest BCUT2D eigenvalue weighted by Gasteiger charge is -2.37. The maximum Gasteiger partial charge on any atom is 0.223 e. The molecule has 25 heavy (non-hydrogen) atoms. The number of Topliss-reactive ketones (excluding diaryl/α,β-unsaturated/α-hetero) is 1. The van der Waals surface area contributed by atoms with Gasteiger partial charge in [0, 0.05) is 44.1 Å². The highest BCUT2D eigenvalue weighted by Gasteiger charge is 2.32. The molecule has 0 N–H and O–H groups in total. The number of ketones is 1. The number of amides is 1. The van der Waals surface area contributed by atoms with Gasteiger partial charge in [-0.05, 0) is 37.6 Å². The topological polar surface area (TPSA) is 59.1 Å². The molecule has 0 aliphatic carbocycles. The third kappa shape index (κ3) is 3.95. The molecule has 2 heterocycles. The standard InChI is InChI=1S/C19H26N2O4/c1-24-17-7-5-14(12-18(17)25-2)16(22)6-8-19(23)21-11-10-20-9-3-4-15(20)13-21/h5,7,12,15H,3-4,6,8-11,13H2,1-2H3/t15-/m0/s1. The van der Waals surface area contributed by atoms with Gasteiger partial charge < -0.3 is 14.4 Å². The minimum atomic E-state index is -0.0474. The van der Waals surface area contributed by atoms with Crippen LogP contribution in [0, 0.1) is 0 Å². The molecule has 0 unspecified atom stereocenters. The highest BCUT2D eigenvalue weighted by Crippen LogP contribution is 2.28. The number of hydrogen-bond acceptors (Lipinski definition) is 5. The summed E-state index contributed by atoms with van der Waals surface area (Å²) in [7, 11) is 3.10. The van der Waals surface area contributed by atoms with Crippen molar-refractivity contribution in [3.63, 3.8) is 0 Å².